The quantitative estimate of drug-likeness (QED) is 0.390. The molecule has 11 heteroatoms. The number of hydrogen-bond acceptors (Lipinski definition) is 4. The van der Waals surface area contributed by atoms with Gasteiger partial charge in [0.15, 0.2) is 6.10 Å². The summed E-state index contributed by atoms with van der Waals surface area (Å²) in [4.78, 5) is 12.3. The molecule has 0 aliphatic rings. The summed E-state index contributed by atoms with van der Waals surface area (Å²) in [6, 6.07) is 16.7. The highest BCUT2D eigenvalue weighted by atomic mass is 35.5. The molecule has 0 fully saturated rings. The van der Waals surface area contributed by atoms with Gasteiger partial charge in [-0.3, -0.25) is 9.52 Å². The summed E-state index contributed by atoms with van der Waals surface area (Å²) in [5.74, 6) is 0.119. The first-order chi connectivity index (χ1) is 16.0. The summed E-state index contributed by atoms with van der Waals surface area (Å²) < 4.78 is 72.1. The minimum Gasteiger partial charge on any atom is -0.481 e. The molecule has 0 saturated carbocycles. The van der Waals surface area contributed by atoms with Crippen molar-refractivity contribution in [2.75, 3.05) is 10.0 Å². The third-order valence-corrected chi connectivity index (χ3v) is 6.37. The van der Waals surface area contributed by atoms with Gasteiger partial charge in [0, 0.05) is 11.4 Å². The average Bonchev–Trinajstić information content (AvgIpc) is 2.79. The maximum absolute atomic E-state index is 13.0. The molecule has 0 aliphatic heterocycles. The van der Waals surface area contributed by atoms with Gasteiger partial charge in [-0.15, -0.1) is 0 Å². The van der Waals surface area contributed by atoms with Crippen LogP contribution >= 0.6 is 11.6 Å². The van der Waals surface area contributed by atoms with E-state index >= 15 is 0 Å². The Bertz CT molecular complexity index is 1250. The number of amides is 1. The van der Waals surface area contributed by atoms with E-state index in [9.17, 15) is 26.4 Å². The van der Waals surface area contributed by atoms with Gasteiger partial charge in [-0.25, -0.2) is 8.42 Å². The van der Waals surface area contributed by atoms with E-state index in [2.05, 4.69) is 10.0 Å². The average molecular weight is 513 g/mol. The van der Waals surface area contributed by atoms with Crippen LogP contribution in [0.25, 0.3) is 0 Å². The lowest BCUT2D eigenvalue weighted by Gasteiger charge is -2.17. The van der Waals surface area contributed by atoms with Crippen LogP contribution in [0.1, 0.15) is 18.9 Å². The number of halogens is 4. The first kappa shape index (κ1) is 25.4. The van der Waals surface area contributed by atoms with E-state index in [1.54, 1.807) is 31.2 Å². The van der Waals surface area contributed by atoms with Crippen LogP contribution in [0.3, 0.4) is 0 Å². The molecule has 1 amide bonds. The first-order valence-electron chi connectivity index (χ1n) is 10.0. The van der Waals surface area contributed by atoms with Gasteiger partial charge in [-0.1, -0.05) is 36.7 Å². The molecule has 34 heavy (non-hydrogen) atoms. The summed E-state index contributed by atoms with van der Waals surface area (Å²) in [6.45, 7) is 1.79. The van der Waals surface area contributed by atoms with E-state index < -0.39 is 38.8 Å². The zero-order chi connectivity index (χ0) is 24.9. The maximum atomic E-state index is 13.0. The lowest BCUT2D eigenvalue weighted by Crippen LogP contribution is -2.32. The normalized spacial score (nSPS) is 12.6. The van der Waals surface area contributed by atoms with Gasteiger partial charge in [0.2, 0.25) is 0 Å². The fourth-order valence-electron chi connectivity index (χ4n) is 2.95. The second-order valence-electron chi connectivity index (χ2n) is 7.14. The van der Waals surface area contributed by atoms with Crippen LogP contribution in [0.4, 0.5) is 24.5 Å². The highest BCUT2D eigenvalue weighted by Crippen LogP contribution is 2.36. The topological polar surface area (TPSA) is 84.5 Å². The van der Waals surface area contributed by atoms with Crippen LogP contribution in [-0.2, 0) is 21.0 Å². The number of nitrogens with one attached hydrogen (secondary N) is 2. The third kappa shape index (κ3) is 6.42. The summed E-state index contributed by atoms with van der Waals surface area (Å²) >= 11 is 5.57. The highest BCUT2D eigenvalue weighted by Gasteiger charge is 2.33. The number of benzene rings is 3. The second kappa shape index (κ2) is 10.4. The SMILES string of the molecule is CC[C@@H](Oc1ccccc1)C(=O)Nc1ccc(S(=O)(=O)Nc2ccc(Cl)c(C(F)(F)F)c2)cc1. The molecule has 0 aromatic heterocycles. The van der Waals surface area contributed by atoms with Crippen molar-refractivity contribution >= 4 is 38.9 Å². The van der Waals surface area contributed by atoms with Gasteiger partial charge in [-0.2, -0.15) is 13.2 Å². The molecule has 6 nitrogen and oxygen atoms in total. The van der Waals surface area contributed by atoms with Crippen molar-refractivity contribution in [3.8, 4) is 5.75 Å². The summed E-state index contributed by atoms with van der Waals surface area (Å²) in [7, 11) is -4.19. The maximum Gasteiger partial charge on any atom is 0.417 e. The Morgan fingerprint density at radius 3 is 2.21 bits per heavy atom. The molecule has 0 radical (unpaired) electrons. The van der Waals surface area contributed by atoms with Crippen molar-refractivity contribution in [1.29, 1.82) is 0 Å². The predicted molar refractivity (Wildman–Crippen MR) is 123 cm³/mol. The summed E-state index contributed by atoms with van der Waals surface area (Å²) in [6.07, 6.45) is -5.10. The molecule has 0 aliphatic carbocycles. The molecule has 3 aromatic carbocycles. The second-order valence-corrected chi connectivity index (χ2v) is 9.23. The molecule has 3 rings (SSSR count). The predicted octanol–water partition coefficient (Wildman–Crippen LogP) is 5.96. The molecule has 0 spiro atoms. The molecule has 180 valence electrons. The molecule has 0 saturated heterocycles. The fraction of sp³-hybridized carbons (Fsp3) is 0.174. The number of hydrogen-bond donors (Lipinski definition) is 2. The minimum atomic E-state index is -4.74. The lowest BCUT2D eigenvalue weighted by molar-refractivity contribution is -0.137. The van der Waals surface area contributed by atoms with Gasteiger partial charge >= 0.3 is 6.18 Å². The van der Waals surface area contributed by atoms with E-state index in [0.717, 1.165) is 12.1 Å². The Balaban J connectivity index is 1.70. The molecule has 1 atom stereocenters. The fourth-order valence-corrected chi connectivity index (χ4v) is 4.22. The van der Waals surface area contributed by atoms with Crippen molar-refractivity contribution < 1.29 is 31.1 Å². The van der Waals surface area contributed by atoms with Crippen molar-refractivity contribution in [3.63, 3.8) is 0 Å². The van der Waals surface area contributed by atoms with Crippen LogP contribution in [0.5, 0.6) is 5.75 Å². The molecule has 0 unspecified atom stereocenters. The van der Waals surface area contributed by atoms with E-state index in [-0.39, 0.29) is 10.6 Å². The van der Waals surface area contributed by atoms with Gasteiger partial charge in [-0.05, 0) is 61.0 Å². The minimum absolute atomic E-state index is 0.207. The van der Waals surface area contributed by atoms with Gasteiger partial charge in [0.25, 0.3) is 15.9 Å². The van der Waals surface area contributed by atoms with Crippen LogP contribution in [0.15, 0.2) is 77.7 Å². The monoisotopic (exact) mass is 512 g/mol. The Morgan fingerprint density at radius 2 is 1.62 bits per heavy atom. The number of para-hydroxylation sites is 1. The van der Waals surface area contributed by atoms with Crippen LogP contribution in [-0.4, -0.2) is 20.4 Å². The van der Waals surface area contributed by atoms with Crippen molar-refractivity contribution in [3.05, 3.63) is 83.4 Å². The van der Waals surface area contributed by atoms with Crippen molar-refractivity contribution in [2.45, 2.75) is 30.5 Å². The summed E-state index contributed by atoms with van der Waals surface area (Å²) in [5.41, 5.74) is -1.13. The molecular formula is C23H20ClF3N2O4S. The van der Waals surface area contributed by atoms with Crippen molar-refractivity contribution in [1.82, 2.24) is 0 Å². The largest absolute Gasteiger partial charge is 0.481 e. The number of ether oxygens (including phenoxy) is 1. The Hall–Kier alpha value is -3.24. The van der Waals surface area contributed by atoms with Gasteiger partial charge in [0.05, 0.1) is 15.5 Å². The van der Waals surface area contributed by atoms with E-state index in [1.807, 2.05) is 6.07 Å². The molecular weight excluding hydrogens is 493 g/mol. The number of carbonyl (C=O) groups excluding carboxylic acids is 1. The standard InChI is InChI=1S/C23H20ClF3N2O4S/c1-2-21(33-17-6-4-3-5-7-17)22(30)28-15-8-11-18(12-9-15)34(31,32)29-16-10-13-20(24)19(14-16)23(25,26)27/h3-14,21,29H,2H2,1H3,(H,28,30)/t21-/m1/s1. The first-order valence-corrected chi connectivity index (χ1v) is 11.9. The smallest absolute Gasteiger partial charge is 0.417 e. The van der Waals surface area contributed by atoms with Crippen LogP contribution < -0.4 is 14.8 Å². The van der Waals surface area contributed by atoms with E-state index in [4.69, 9.17) is 16.3 Å². The number of anilines is 2. The number of sulfonamides is 1. The number of alkyl halides is 3. The molecule has 2 N–H and O–H groups in total. The van der Waals surface area contributed by atoms with Crippen molar-refractivity contribution in [2.24, 2.45) is 0 Å². The van der Waals surface area contributed by atoms with E-state index in [1.165, 1.54) is 24.3 Å². The molecule has 0 heterocycles. The molecule has 3 aromatic rings. The Labute approximate surface area is 199 Å². The summed E-state index contributed by atoms with van der Waals surface area (Å²) in [5, 5.41) is 2.11. The van der Waals surface area contributed by atoms with E-state index in [0.29, 0.717) is 23.9 Å². The number of rotatable bonds is 8. The zero-order valence-corrected chi connectivity index (χ0v) is 19.3. The lowest BCUT2D eigenvalue weighted by atomic mass is 10.2. The number of carbonyl (C=O) groups is 1. The van der Waals surface area contributed by atoms with Gasteiger partial charge < -0.3 is 10.1 Å². The zero-order valence-electron chi connectivity index (χ0n) is 17.8. The Morgan fingerprint density at radius 1 is 1.00 bits per heavy atom. The third-order valence-electron chi connectivity index (χ3n) is 4.64. The van der Waals surface area contributed by atoms with Crippen LogP contribution in [0, 0.1) is 0 Å². The highest BCUT2D eigenvalue weighted by molar-refractivity contribution is 7.92. The van der Waals surface area contributed by atoms with Crippen LogP contribution in [0.2, 0.25) is 5.02 Å². The Kier molecular flexibility index (Phi) is 7.73. The van der Waals surface area contributed by atoms with Gasteiger partial charge in [0.1, 0.15) is 5.75 Å². The molecule has 0 bridgehead atoms.